The highest BCUT2D eigenvalue weighted by molar-refractivity contribution is 5.79. The first-order valence-corrected chi connectivity index (χ1v) is 7.77. The summed E-state index contributed by atoms with van der Waals surface area (Å²) in [5.74, 6) is -1.90. The Hall–Kier alpha value is -1.72. The van der Waals surface area contributed by atoms with Gasteiger partial charge in [-0.25, -0.2) is 13.8 Å². The van der Waals surface area contributed by atoms with Gasteiger partial charge in [-0.1, -0.05) is 6.07 Å². The molecule has 1 saturated heterocycles. The third-order valence-corrected chi connectivity index (χ3v) is 4.80. The monoisotopic (exact) mass is 309 g/mol. The molecule has 1 amide bonds. The van der Waals surface area contributed by atoms with Crippen LogP contribution in [0.2, 0.25) is 0 Å². The van der Waals surface area contributed by atoms with Crippen LogP contribution in [0.4, 0.5) is 14.6 Å². The minimum Gasteiger partial charge on any atom is -0.352 e. The van der Waals surface area contributed by atoms with Crippen LogP contribution in [-0.2, 0) is 4.79 Å². The van der Waals surface area contributed by atoms with E-state index in [4.69, 9.17) is 0 Å². The highest BCUT2D eigenvalue weighted by Crippen LogP contribution is 2.37. The number of likely N-dealkylation sites (N-methyl/N-ethyl adjacent to an activating group) is 1. The number of hydrogen-bond acceptors (Lipinski definition) is 3. The number of carbonyl (C=O) groups is 1. The van der Waals surface area contributed by atoms with E-state index in [1.54, 1.807) is 18.1 Å². The highest BCUT2D eigenvalue weighted by atomic mass is 19.3. The number of rotatable bonds is 3. The van der Waals surface area contributed by atoms with Crippen LogP contribution in [0.3, 0.4) is 0 Å². The van der Waals surface area contributed by atoms with E-state index in [1.807, 2.05) is 18.2 Å². The first kappa shape index (κ1) is 15.2. The fraction of sp³-hybridized carbons (Fsp3) is 0.625. The largest absolute Gasteiger partial charge is 0.352 e. The summed E-state index contributed by atoms with van der Waals surface area (Å²) >= 11 is 0. The molecule has 22 heavy (non-hydrogen) atoms. The molecule has 2 aliphatic rings. The lowest BCUT2D eigenvalue weighted by Gasteiger charge is -2.45. The Morgan fingerprint density at radius 3 is 2.59 bits per heavy atom. The van der Waals surface area contributed by atoms with Gasteiger partial charge in [0.25, 0.3) is 0 Å². The number of amides is 1. The molecule has 2 heterocycles. The van der Waals surface area contributed by atoms with E-state index in [9.17, 15) is 13.6 Å². The minimum atomic E-state index is -2.58. The van der Waals surface area contributed by atoms with E-state index >= 15 is 0 Å². The van der Waals surface area contributed by atoms with Gasteiger partial charge in [0.15, 0.2) is 0 Å². The summed E-state index contributed by atoms with van der Waals surface area (Å²) in [4.78, 5) is 20.6. The van der Waals surface area contributed by atoms with E-state index in [0.29, 0.717) is 12.8 Å². The maximum Gasteiger partial charge on any atom is 0.248 e. The molecule has 2 fully saturated rings. The van der Waals surface area contributed by atoms with Crippen molar-refractivity contribution in [3.05, 3.63) is 24.4 Å². The number of halogens is 2. The maximum atomic E-state index is 13.2. The molecule has 0 bridgehead atoms. The lowest BCUT2D eigenvalue weighted by atomic mass is 9.85. The smallest absolute Gasteiger partial charge is 0.248 e. The van der Waals surface area contributed by atoms with Gasteiger partial charge in [-0.2, -0.15) is 0 Å². The quantitative estimate of drug-likeness (QED) is 0.861. The molecule has 4 nitrogen and oxygen atoms in total. The normalized spacial score (nSPS) is 22.2. The average molecular weight is 309 g/mol. The predicted octanol–water partition coefficient (Wildman–Crippen LogP) is 2.55. The Balaban J connectivity index is 1.51. The van der Waals surface area contributed by atoms with Crippen LogP contribution in [0.1, 0.15) is 25.7 Å². The van der Waals surface area contributed by atoms with Crippen molar-refractivity contribution in [1.82, 2.24) is 9.88 Å². The molecule has 0 N–H and O–H groups in total. The number of alkyl halides is 2. The predicted molar refractivity (Wildman–Crippen MR) is 79.9 cm³/mol. The summed E-state index contributed by atoms with van der Waals surface area (Å²) in [7, 11) is 1.79. The van der Waals surface area contributed by atoms with Crippen molar-refractivity contribution in [2.45, 2.75) is 37.6 Å². The molecule has 1 aromatic rings. The van der Waals surface area contributed by atoms with Crippen LogP contribution in [0, 0.1) is 5.92 Å². The number of pyridine rings is 1. The number of nitrogens with zero attached hydrogens (tertiary/aromatic N) is 3. The first-order valence-electron chi connectivity index (χ1n) is 7.77. The van der Waals surface area contributed by atoms with Crippen LogP contribution < -0.4 is 4.90 Å². The van der Waals surface area contributed by atoms with Crippen molar-refractivity contribution in [1.29, 1.82) is 0 Å². The zero-order chi connectivity index (χ0) is 15.7. The fourth-order valence-electron chi connectivity index (χ4n) is 3.18. The summed E-state index contributed by atoms with van der Waals surface area (Å²) < 4.78 is 26.4. The molecule has 0 unspecified atom stereocenters. The molecular formula is C16H21F2N3O. The molecular weight excluding hydrogens is 288 g/mol. The SMILES string of the molecule is CN(C(=O)C1CCC(F)(F)CC1)C1CN(c2ccccn2)C1. The molecule has 6 heteroatoms. The van der Waals surface area contributed by atoms with Gasteiger partial charge in [-0.05, 0) is 25.0 Å². The Bertz CT molecular complexity index is 521. The van der Waals surface area contributed by atoms with Crippen molar-refractivity contribution >= 4 is 11.7 Å². The minimum absolute atomic E-state index is 0.0150. The Morgan fingerprint density at radius 1 is 1.32 bits per heavy atom. The fourth-order valence-corrected chi connectivity index (χ4v) is 3.18. The molecule has 1 saturated carbocycles. The molecule has 3 rings (SSSR count). The zero-order valence-corrected chi connectivity index (χ0v) is 12.7. The summed E-state index contributed by atoms with van der Waals surface area (Å²) in [6.45, 7) is 1.50. The molecule has 0 radical (unpaired) electrons. The summed E-state index contributed by atoms with van der Waals surface area (Å²) in [6, 6.07) is 5.90. The molecule has 0 spiro atoms. The van der Waals surface area contributed by atoms with Crippen molar-refractivity contribution in [2.24, 2.45) is 5.92 Å². The standard InChI is InChI=1S/C16H21F2N3O/c1-20(15(22)12-5-7-16(17,18)8-6-12)13-10-21(11-13)14-4-2-3-9-19-14/h2-4,9,12-13H,5-8,10-11H2,1H3. The van der Waals surface area contributed by atoms with Crippen molar-refractivity contribution < 1.29 is 13.6 Å². The van der Waals surface area contributed by atoms with Gasteiger partial charge in [-0.15, -0.1) is 0 Å². The van der Waals surface area contributed by atoms with Gasteiger partial charge >= 0.3 is 0 Å². The maximum absolute atomic E-state index is 13.2. The van der Waals surface area contributed by atoms with Gasteiger partial charge in [-0.3, -0.25) is 4.79 Å². The lowest BCUT2D eigenvalue weighted by Crippen LogP contribution is -2.61. The Morgan fingerprint density at radius 2 is 2.00 bits per heavy atom. The molecule has 1 aliphatic carbocycles. The van der Waals surface area contributed by atoms with E-state index < -0.39 is 5.92 Å². The Kier molecular flexibility index (Phi) is 4.02. The summed E-state index contributed by atoms with van der Waals surface area (Å²) in [5, 5.41) is 0. The number of anilines is 1. The van der Waals surface area contributed by atoms with Crippen LogP contribution in [-0.4, -0.2) is 47.9 Å². The van der Waals surface area contributed by atoms with E-state index in [2.05, 4.69) is 9.88 Å². The van der Waals surface area contributed by atoms with Crippen molar-refractivity contribution in [3.8, 4) is 0 Å². The van der Waals surface area contributed by atoms with Crippen LogP contribution >= 0.6 is 0 Å². The van der Waals surface area contributed by atoms with Gasteiger partial charge < -0.3 is 9.80 Å². The van der Waals surface area contributed by atoms with Gasteiger partial charge in [0.05, 0.1) is 6.04 Å². The molecule has 1 aromatic heterocycles. The third kappa shape index (κ3) is 3.05. The second-order valence-electron chi connectivity index (χ2n) is 6.33. The number of aromatic nitrogens is 1. The summed E-state index contributed by atoms with van der Waals surface area (Å²) in [6.07, 6.45) is 2.02. The Labute approximate surface area is 129 Å². The molecule has 1 aliphatic heterocycles. The van der Waals surface area contributed by atoms with Crippen molar-refractivity contribution in [2.75, 3.05) is 25.0 Å². The average Bonchev–Trinajstić information content (AvgIpc) is 2.46. The second kappa shape index (κ2) is 5.82. The lowest BCUT2D eigenvalue weighted by molar-refractivity contribution is -0.140. The third-order valence-electron chi connectivity index (χ3n) is 4.80. The van der Waals surface area contributed by atoms with Crippen LogP contribution in [0.5, 0.6) is 0 Å². The second-order valence-corrected chi connectivity index (χ2v) is 6.33. The van der Waals surface area contributed by atoms with Crippen LogP contribution in [0.15, 0.2) is 24.4 Å². The molecule has 0 atom stereocenters. The van der Waals surface area contributed by atoms with Gasteiger partial charge in [0.1, 0.15) is 5.82 Å². The van der Waals surface area contributed by atoms with Gasteiger partial charge in [0, 0.05) is 45.1 Å². The van der Waals surface area contributed by atoms with Crippen molar-refractivity contribution in [3.63, 3.8) is 0 Å². The molecule has 120 valence electrons. The topological polar surface area (TPSA) is 36.4 Å². The number of carbonyl (C=O) groups excluding carboxylic acids is 1. The van der Waals surface area contributed by atoms with E-state index in [0.717, 1.165) is 18.9 Å². The van der Waals surface area contributed by atoms with Crippen LogP contribution in [0.25, 0.3) is 0 Å². The summed E-state index contributed by atoms with van der Waals surface area (Å²) in [5.41, 5.74) is 0. The van der Waals surface area contributed by atoms with Gasteiger partial charge in [0.2, 0.25) is 11.8 Å². The first-order chi connectivity index (χ1) is 10.5. The van der Waals surface area contributed by atoms with E-state index in [-0.39, 0.29) is 30.7 Å². The van der Waals surface area contributed by atoms with E-state index in [1.165, 1.54) is 0 Å². The number of hydrogen-bond donors (Lipinski definition) is 0. The zero-order valence-electron chi connectivity index (χ0n) is 12.7. The highest BCUT2D eigenvalue weighted by Gasteiger charge is 2.40. The molecule has 0 aromatic carbocycles.